The molecule has 72 valence electrons. The highest BCUT2D eigenvalue weighted by atomic mass is 35.5. The van der Waals surface area contributed by atoms with Gasteiger partial charge >= 0.3 is 0 Å². The molecule has 0 fully saturated rings. The third-order valence-corrected chi connectivity index (χ3v) is 2.21. The molecule has 0 saturated heterocycles. The number of hydrogen-bond acceptors (Lipinski definition) is 1. The van der Waals surface area contributed by atoms with Crippen molar-refractivity contribution >= 4 is 12.4 Å². The van der Waals surface area contributed by atoms with Crippen LogP contribution in [0.5, 0.6) is 0 Å². The van der Waals surface area contributed by atoms with E-state index in [2.05, 4.69) is 24.4 Å². The second-order valence-corrected chi connectivity index (χ2v) is 3.28. The van der Waals surface area contributed by atoms with Gasteiger partial charge in [0.05, 0.1) is 0 Å². The zero-order valence-electron chi connectivity index (χ0n) is 7.88. The summed E-state index contributed by atoms with van der Waals surface area (Å²) in [6, 6.07) is 0.782. The third kappa shape index (κ3) is 4.78. The van der Waals surface area contributed by atoms with Crippen molar-refractivity contribution in [3.8, 4) is 0 Å². The van der Waals surface area contributed by atoms with Gasteiger partial charge in [-0.05, 0) is 38.6 Å². The van der Waals surface area contributed by atoms with Gasteiger partial charge in [-0.1, -0.05) is 19.1 Å². The van der Waals surface area contributed by atoms with Crippen LogP contribution in [0.4, 0.5) is 0 Å². The van der Waals surface area contributed by atoms with Crippen LogP contribution < -0.4 is 5.32 Å². The van der Waals surface area contributed by atoms with Crippen LogP contribution in [0.1, 0.15) is 39.0 Å². The van der Waals surface area contributed by atoms with Gasteiger partial charge in [0.1, 0.15) is 0 Å². The summed E-state index contributed by atoms with van der Waals surface area (Å²) in [4.78, 5) is 0. The van der Waals surface area contributed by atoms with Crippen LogP contribution in [0, 0.1) is 0 Å². The van der Waals surface area contributed by atoms with Crippen LogP contribution in [0.25, 0.3) is 0 Å². The Morgan fingerprint density at radius 2 is 1.83 bits per heavy atom. The topological polar surface area (TPSA) is 12.0 Å². The molecule has 0 unspecified atom stereocenters. The molecule has 0 atom stereocenters. The Kier molecular flexibility index (Phi) is 7.62. The molecule has 0 heterocycles. The Morgan fingerprint density at radius 3 is 2.33 bits per heavy atom. The third-order valence-electron chi connectivity index (χ3n) is 2.21. The highest BCUT2D eigenvalue weighted by Gasteiger charge is 2.06. The normalized spacial score (nSPS) is 18.4. The Labute approximate surface area is 82.0 Å². The molecular formula is C10H20ClN. The van der Waals surface area contributed by atoms with E-state index in [0.29, 0.717) is 0 Å². The first kappa shape index (κ1) is 12.0. The summed E-state index contributed by atoms with van der Waals surface area (Å²) in [5.41, 5.74) is 0. The Balaban J connectivity index is 0.00000121. The maximum absolute atomic E-state index is 3.57. The Hall–Kier alpha value is -0.0100. The van der Waals surface area contributed by atoms with Gasteiger partial charge in [-0.25, -0.2) is 0 Å². The molecule has 0 spiro atoms. The second-order valence-electron chi connectivity index (χ2n) is 3.28. The molecule has 2 heteroatoms. The van der Waals surface area contributed by atoms with Crippen LogP contribution in [0.15, 0.2) is 12.2 Å². The van der Waals surface area contributed by atoms with E-state index in [0.717, 1.165) is 6.04 Å². The minimum absolute atomic E-state index is 0. The fourth-order valence-electron chi connectivity index (χ4n) is 1.53. The van der Waals surface area contributed by atoms with E-state index < -0.39 is 0 Å². The first-order chi connectivity index (χ1) is 5.43. The average molecular weight is 190 g/mol. The van der Waals surface area contributed by atoms with E-state index in [4.69, 9.17) is 0 Å². The number of hydrogen-bond donors (Lipinski definition) is 1. The van der Waals surface area contributed by atoms with Gasteiger partial charge in [-0.2, -0.15) is 0 Å². The lowest BCUT2D eigenvalue weighted by atomic mass is 10.1. The Morgan fingerprint density at radius 1 is 1.25 bits per heavy atom. The number of rotatable bonds is 3. The van der Waals surface area contributed by atoms with Gasteiger partial charge in [-0.15, -0.1) is 12.4 Å². The van der Waals surface area contributed by atoms with Gasteiger partial charge in [0, 0.05) is 6.04 Å². The molecule has 0 bridgehead atoms. The first-order valence-electron chi connectivity index (χ1n) is 4.82. The van der Waals surface area contributed by atoms with Crippen molar-refractivity contribution in [2.45, 2.75) is 45.1 Å². The van der Waals surface area contributed by atoms with Crippen LogP contribution >= 0.6 is 12.4 Å². The molecule has 1 aliphatic rings. The molecule has 0 amide bonds. The van der Waals surface area contributed by atoms with Crippen LogP contribution in [0.2, 0.25) is 0 Å². The minimum Gasteiger partial charge on any atom is -0.314 e. The highest BCUT2D eigenvalue weighted by molar-refractivity contribution is 5.85. The smallest absolute Gasteiger partial charge is 0.00729 e. The fourth-order valence-corrected chi connectivity index (χ4v) is 1.53. The van der Waals surface area contributed by atoms with Gasteiger partial charge < -0.3 is 5.32 Å². The van der Waals surface area contributed by atoms with Crippen molar-refractivity contribution in [3.63, 3.8) is 0 Å². The molecule has 0 aromatic heterocycles. The monoisotopic (exact) mass is 189 g/mol. The molecule has 0 aliphatic heterocycles. The predicted molar refractivity (Wildman–Crippen MR) is 56.9 cm³/mol. The summed E-state index contributed by atoms with van der Waals surface area (Å²) in [5.74, 6) is 0. The molecular weight excluding hydrogens is 170 g/mol. The van der Waals surface area contributed by atoms with Gasteiger partial charge in [-0.3, -0.25) is 0 Å². The summed E-state index contributed by atoms with van der Waals surface area (Å²) in [6.45, 7) is 3.41. The molecule has 1 aliphatic carbocycles. The summed E-state index contributed by atoms with van der Waals surface area (Å²) < 4.78 is 0. The first-order valence-corrected chi connectivity index (χ1v) is 4.82. The molecule has 0 aromatic carbocycles. The van der Waals surface area contributed by atoms with Crippen LogP contribution in [-0.2, 0) is 0 Å². The minimum atomic E-state index is 0. The zero-order valence-corrected chi connectivity index (χ0v) is 8.70. The summed E-state index contributed by atoms with van der Waals surface area (Å²) in [5, 5.41) is 3.57. The van der Waals surface area contributed by atoms with Crippen molar-refractivity contribution in [3.05, 3.63) is 12.2 Å². The number of nitrogens with one attached hydrogen (secondary N) is 1. The maximum atomic E-state index is 3.57. The van der Waals surface area contributed by atoms with Gasteiger partial charge in [0.25, 0.3) is 0 Å². The SMILES string of the molecule is CCCNC1CCC=CCC1.Cl. The molecule has 1 N–H and O–H groups in total. The van der Waals surface area contributed by atoms with Crippen molar-refractivity contribution in [2.24, 2.45) is 0 Å². The highest BCUT2D eigenvalue weighted by Crippen LogP contribution is 2.10. The standard InChI is InChI=1S/C10H19N.ClH/c1-2-9-11-10-7-5-3-4-6-8-10;/h3-4,10-11H,2,5-9H2,1H3;1H. The predicted octanol–water partition coefficient (Wildman–Crippen LogP) is 2.91. The fraction of sp³-hybridized carbons (Fsp3) is 0.800. The van der Waals surface area contributed by atoms with Crippen molar-refractivity contribution in [1.29, 1.82) is 0 Å². The van der Waals surface area contributed by atoms with Crippen molar-refractivity contribution < 1.29 is 0 Å². The van der Waals surface area contributed by atoms with Gasteiger partial charge in [0.2, 0.25) is 0 Å². The van der Waals surface area contributed by atoms with E-state index >= 15 is 0 Å². The summed E-state index contributed by atoms with van der Waals surface area (Å²) in [6.07, 6.45) is 11.1. The van der Waals surface area contributed by atoms with Crippen molar-refractivity contribution in [1.82, 2.24) is 5.32 Å². The second kappa shape index (κ2) is 7.63. The molecule has 0 aromatic rings. The lowest BCUT2D eigenvalue weighted by Gasteiger charge is -2.14. The van der Waals surface area contributed by atoms with Crippen LogP contribution in [0.3, 0.4) is 0 Å². The van der Waals surface area contributed by atoms with E-state index in [9.17, 15) is 0 Å². The average Bonchev–Trinajstić information content (AvgIpc) is 2.28. The largest absolute Gasteiger partial charge is 0.314 e. The van der Waals surface area contributed by atoms with Crippen molar-refractivity contribution in [2.75, 3.05) is 6.54 Å². The number of allylic oxidation sites excluding steroid dienone is 2. The van der Waals surface area contributed by atoms with E-state index in [-0.39, 0.29) is 12.4 Å². The molecule has 12 heavy (non-hydrogen) atoms. The maximum Gasteiger partial charge on any atom is 0.00729 e. The summed E-state index contributed by atoms with van der Waals surface area (Å²) >= 11 is 0. The molecule has 0 saturated carbocycles. The molecule has 0 radical (unpaired) electrons. The van der Waals surface area contributed by atoms with E-state index in [1.807, 2.05) is 0 Å². The Bertz CT molecular complexity index is 113. The lowest BCUT2D eigenvalue weighted by Crippen LogP contribution is -2.28. The molecule has 1 nitrogen and oxygen atoms in total. The van der Waals surface area contributed by atoms with E-state index in [1.165, 1.54) is 38.6 Å². The zero-order chi connectivity index (χ0) is 7.94. The number of halogens is 1. The van der Waals surface area contributed by atoms with Gasteiger partial charge in [0.15, 0.2) is 0 Å². The molecule has 1 rings (SSSR count). The quantitative estimate of drug-likeness (QED) is 0.674. The summed E-state index contributed by atoms with van der Waals surface area (Å²) in [7, 11) is 0. The van der Waals surface area contributed by atoms with Crippen LogP contribution in [-0.4, -0.2) is 12.6 Å². The lowest BCUT2D eigenvalue weighted by molar-refractivity contribution is 0.466. The van der Waals surface area contributed by atoms with E-state index in [1.54, 1.807) is 0 Å².